The number of methoxy groups -OCH3 is 2. The smallest absolute Gasteiger partial charge is 0.165 e. The number of nitrogens with zero attached hydrogens (tertiary/aromatic N) is 1. The number of hydrogen-bond acceptors (Lipinski definition) is 5. The molecule has 0 unspecified atom stereocenters. The minimum atomic E-state index is 0.594. The molecular weight excluding hydrogens is 340 g/mol. The van der Waals surface area contributed by atoms with Gasteiger partial charge >= 0.3 is 0 Å². The molecule has 1 heterocycles. The number of morpholine rings is 1. The summed E-state index contributed by atoms with van der Waals surface area (Å²) in [5.74, 6) is 1.33. The van der Waals surface area contributed by atoms with Gasteiger partial charge in [0.05, 0.1) is 27.4 Å². The highest BCUT2D eigenvalue weighted by Gasteiger charge is 2.13. The Morgan fingerprint density at radius 1 is 1.08 bits per heavy atom. The van der Waals surface area contributed by atoms with Gasteiger partial charge in [0, 0.05) is 47.7 Å². The van der Waals surface area contributed by atoms with E-state index in [0.717, 1.165) is 37.6 Å². The van der Waals surface area contributed by atoms with Gasteiger partial charge in [-0.25, -0.2) is 0 Å². The van der Waals surface area contributed by atoms with E-state index in [9.17, 15) is 0 Å². The Bertz CT molecular complexity index is 701. The van der Waals surface area contributed by atoms with E-state index in [2.05, 4.69) is 34.5 Å². The van der Waals surface area contributed by atoms with E-state index in [1.54, 1.807) is 20.3 Å². The fraction of sp³-hybridized carbons (Fsp3) is 0.368. The van der Waals surface area contributed by atoms with Crippen molar-refractivity contribution in [1.29, 1.82) is 0 Å². The molecule has 0 atom stereocenters. The Balaban J connectivity index is 1.68. The summed E-state index contributed by atoms with van der Waals surface area (Å²) in [4.78, 5) is 2.33. The van der Waals surface area contributed by atoms with Crippen LogP contribution in [0.15, 0.2) is 36.4 Å². The van der Waals surface area contributed by atoms with Crippen molar-refractivity contribution >= 4 is 23.0 Å². The molecule has 3 rings (SSSR count). The van der Waals surface area contributed by atoms with Crippen molar-refractivity contribution in [2.75, 3.05) is 50.7 Å². The van der Waals surface area contributed by atoms with Crippen molar-refractivity contribution in [3.63, 3.8) is 0 Å². The SMILES string of the molecule is COc1cc(Cl)cc(CNc2ccc(N3CCOCC3)cc2)c1OC. The molecule has 1 aliphatic heterocycles. The van der Waals surface area contributed by atoms with Gasteiger partial charge in [-0.3, -0.25) is 0 Å². The van der Waals surface area contributed by atoms with E-state index >= 15 is 0 Å². The lowest BCUT2D eigenvalue weighted by Gasteiger charge is -2.29. The number of nitrogens with one attached hydrogen (secondary N) is 1. The van der Waals surface area contributed by atoms with Crippen molar-refractivity contribution in [2.24, 2.45) is 0 Å². The van der Waals surface area contributed by atoms with E-state index in [4.69, 9.17) is 25.8 Å². The molecule has 1 N–H and O–H groups in total. The number of rotatable bonds is 6. The third-order valence-corrected chi connectivity index (χ3v) is 4.47. The van der Waals surface area contributed by atoms with Crippen molar-refractivity contribution in [3.05, 3.63) is 47.0 Å². The largest absolute Gasteiger partial charge is 0.493 e. The lowest BCUT2D eigenvalue weighted by Crippen LogP contribution is -2.36. The molecule has 1 saturated heterocycles. The van der Waals surface area contributed by atoms with Crippen molar-refractivity contribution in [2.45, 2.75) is 6.54 Å². The topological polar surface area (TPSA) is 43.0 Å². The number of anilines is 2. The van der Waals surface area contributed by atoms with E-state index in [1.165, 1.54) is 5.69 Å². The van der Waals surface area contributed by atoms with Gasteiger partial charge in [0.1, 0.15) is 0 Å². The van der Waals surface area contributed by atoms with Crippen LogP contribution in [0.4, 0.5) is 11.4 Å². The maximum Gasteiger partial charge on any atom is 0.165 e. The molecule has 2 aromatic rings. The highest BCUT2D eigenvalue weighted by atomic mass is 35.5. The number of halogens is 1. The minimum Gasteiger partial charge on any atom is -0.493 e. The van der Waals surface area contributed by atoms with Crippen LogP contribution >= 0.6 is 11.6 Å². The summed E-state index contributed by atoms with van der Waals surface area (Å²) in [6.07, 6.45) is 0. The summed E-state index contributed by atoms with van der Waals surface area (Å²) in [5.41, 5.74) is 3.21. The lowest BCUT2D eigenvalue weighted by molar-refractivity contribution is 0.122. The van der Waals surface area contributed by atoms with Crippen LogP contribution in [0.5, 0.6) is 11.5 Å². The molecule has 0 spiro atoms. The first kappa shape index (κ1) is 17.7. The van der Waals surface area contributed by atoms with Gasteiger partial charge in [0.15, 0.2) is 11.5 Å². The zero-order valence-electron chi connectivity index (χ0n) is 14.5. The van der Waals surface area contributed by atoms with Gasteiger partial charge in [-0.15, -0.1) is 0 Å². The normalized spacial score (nSPS) is 14.3. The molecule has 0 radical (unpaired) electrons. The Morgan fingerprint density at radius 2 is 1.80 bits per heavy atom. The molecule has 0 amide bonds. The highest BCUT2D eigenvalue weighted by Crippen LogP contribution is 2.35. The van der Waals surface area contributed by atoms with Gasteiger partial charge in [-0.2, -0.15) is 0 Å². The molecule has 0 bridgehead atoms. The van der Waals surface area contributed by atoms with Crippen LogP contribution < -0.4 is 19.7 Å². The van der Waals surface area contributed by atoms with E-state index < -0.39 is 0 Å². The Hall–Kier alpha value is -2.11. The summed E-state index contributed by atoms with van der Waals surface area (Å²) in [6, 6.07) is 12.1. The third kappa shape index (κ3) is 4.30. The second-order valence-electron chi connectivity index (χ2n) is 5.80. The molecule has 134 valence electrons. The molecule has 25 heavy (non-hydrogen) atoms. The van der Waals surface area contributed by atoms with E-state index in [0.29, 0.717) is 23.1 Å². The van der Waals surface area contributed by atoms with Crippen LogP contribution in [-0.4, -0.2) is 40.5 Å². The summed E-state index contributed by atoms with van der Waals surface area (Å²) < 4.78 is 16.2. The van der Waals surface area contributed by atoms with Gasteiger partial charge in [0.25, 0.3) is 0 Å². The number of benzene rings is 2. The zero-order valence-corrected chi connectivity index (χ0v) is 15.3. The summed E-state index contributed by atoms with van der Waals surface area (Å²) in [5, 5.41) is 4.03. The van der Waals surface area contributed by atoms with Crippen molar-refractivity contribution in [3.8, 4) is 11.5 Å². The highest BCUT2D eigenvalue weighted by molar-refractivity contribution is 6.30. The van der Waals surface area contributed by atoms with Crippen LogP contribution in [0.2, 0.25) is 5.02 Å². The molecule has 2 aromatic carbocycles. The Morgan fingerprint density at radius 3 is 2.44 bits per heavy atom. The number of hydrogen-bond donors (Lipinski definition) is 1. The zero-order chi connectivity index (χ0) is 17.6. The predicted octanol–water partition coefficient (Wildman–Crippen LogP) is 3.81. The molecule has 0 aliphatic carbocycles. The van der Waals surface area contributed by atoms with E-state index in [1.807, 2.05) is 6.07 Å². The average molecular weight is 363 g/mol. The standard InChI is InChI=1S/C19H23ClN2O3/c1-23-18-12-15(20)11-14(19(18)24-2)13-21-16-3-5-17(6-4-16)22-7-9-25-10-8-22/h3-6,11-12,21H,7-10,13H2,1-2H3. The monoisotopic (exact) mass is 362 g/mol. The molecular formula is C19H23ClN2O3. The maximum absolute atomic E-state index is 6.17. The molecule has 0 saturated carbocycles. The predicted molar refractivity (Wildman–Crippen MR) is 101 cm³/mol. The van der Waals surface area contributed by atoms with Crippen LogP contribution in [0.1, 0.15) is 5.56 Å². The first-order valence-electron chi connectivity index (χ1n) is 8.28. The average Bonchev–Trinajstić information content (AvgIpc) is 2.67. The first-order chi connectivity index (χ1) is 12.2. The fourth-order valence-corrected chi connectivity index (χ4v) is 3.18. The van der Waals surface area contributed by atoms with Crippen LogP contribution in [0.25, 0.3) is 0 Å². The molecule has 0 aromatic heterocycles. The quantitative estimate of drug-likeness (QED) is 0.846. The minimum absolute atomic E-state index is 0.594. The van der Waals surface area contributed by atoms with Crippen molar-refractivity contribution in [1.82, 2.24) is 0 Å². The molecule has 1 aliphatic rings. The fourth-order valence-electron chi connectivity index (χ4n) is 2.95. The molecule has 1 fully saturated rings. The van der Waals surface area contributed by atoms with Crippen molar-refractivity contribution < 1.29 is 14.2 Å². The number of ether oxygens (including phenoxy) is 3. The van der Waals surface area contributed by atoms with Gasteiger partial charge in [-0.1, -0.05) is 11.6 Å². The second-order valence-corrected chi connectivity index (χ2v) is 6.24. The Labute approximate surface area is 153 Å². The van der Waals surface area contributed by atoms with Gasteiger partial charge in [-0.05, 0) is 30.3 Å². The van der Waals surface area contributed by atoms with Gasteiger partial charge in [0.2, 0.25) is 0 Å². The van der Waals surface area contributed by atoms with E-state index in [-0.39, 0.29) is 0 Å². The Kier molecular flexibility index (Phi) is 5.89. The molecule has 5 nitrogen and oxygen atoms in total. The third-order valence-electron chi connectivity index (χ3n) is 4.25. The van der Waals surface area contributed by atoms with Crippen LogP contribution in [-0.2, 0) is 11.3 Å². The van der Waals surface area contributed by atoms with Crippen LogP contribution in [0, 0.1) is 0 Å². The second kappa shape index (κ2) is 8.32. The summed E-state index contributed by atoms with van der Waals surface area (Å²) in [6.45, 7) is 4.04. The van der Waals surface area contributed by atoms with Crippen LogP contribution in [0.3, 0.4) is 0 Å². The lowest BCUT2D eigenvalue weighted by atomic mass is 10.1. The summed E-state index contributed by atoms with van der Waals surface area (Å²) in [7, 11) is 3.24. The first-order valence-corrected chi connectivity index (χ1v) is 8.66. The maximum atomic E-state index is 6.17. The summed E-state index contributed by atoms with van der Waals surface area (Å²) >= 11 is 6.17. The van der Waals surface area contributed by atoms with Gasteiger partial charge < -0.3 is 24.4 Å². The molecule has 6 heteroatoms.